The molecule has 1 heterocycles. The first-order valence-corrected chi connectivity index (χ1v) is 6.50. The van der Waals surface area contributed by atoms with Crippen molar-refractivity contribution >= 4 is 17.8 Å². The summed E-state index contributed by atoms with van der Waals surface area (Å²) < 4.78 is 5.80. The third kappa shape index (κ3) is 2.81. The molecular weight excluding hydrogens is 246 g/mol. The maximum absolute atomic E-state index is 5.80. The van der Waals surface area contributed by atoms with E-state index in [1.54, 1.807) is 0 Å². The van der Waals surface area contributed by atoms with Gasteiger partial charge >= 0.3 is 0 Å². The molecule has 2 aromatic carbocycles. The molecule has 3 rings (SSSR count). The Kier molecular flexibility index (Phi) is 3.38. The predicted octanol–water partition coefficient (Wildman–Crippen LogP) is 4.70. The van der Waals surface area contributed by atoms with Gasteiger partial charge < -0.3 is 10.2 Å². The van der Waals surface area contributed by atoms with Crippen LogP contribution in [0.25, 0.3) is 23.5 Å². The van der Waals surface area contributed by atoms with Crippen LogP contribution in [0.5, 0.6) is 0 Å². The molecule has 0 radical (unpaired) electrons. The van der Waals surface area contributed by atoms with Crippen molar-refractivity contribution in [2.24, 2.45) is 0 Å². The molecule has 0 aliphatic rings. The van der Waals surface area contributed by atoms with Gasteiger partial charge in [0.15, 0.2) is 0 Å². The average Bonchev–Trinajstić information content (AvgIpc) is 2.95. The third-order valence-corrected chi connectivity index (χ3v) is 3.04. The summed E-state index contributed by atoms with van der Waals surface area (Å²) in [5.41, 5.74) is 8.65. The summed E-state index contributed by atoms with van der Waals surface area (Å²) in [7, 11) is 0. The highest BCUT2D eigenvalue weighted by Gasteiger charge is 2.01. The molecule has 0 amide bonds. The Morgan fingerprint density at radius 3 is 2.45 bits per heavy atom. The number of hydrogen-bond acceptors (Lipinski definition) is 2. The van der Waals surface area contributed by atoms with E-state index in [1.165, 1.54) is 0 Å². The van der Waals surface area contributed by atoms with Crippen LogP contribution in [0.3, 0.4) is 0 Å². The number of anilines is 1. The van der Waals surface area contributed by atoms with Gasteiger partial charge in [0.05, 0.1) is 0 Å². The Bertz CT molecular complexity index is 726. The van der Waals surface area contributed by atoms with E-state index in [1.807, 2.05) is 78.9 Å². The molecule has 0 aliphatic heterocycles. The second-order valence-corrected chi connectivity index (χ2v) is 4.57. The molecule has 0 atom stereocenters. The molecule has 0 fully saturated rings. The smallest absolute Gasteiger partial charge is 0.134 e. The Labute approximate surface area is 118 Å². The lowest BCUT2D eigenvalue weighted by atomic mass is 10.2. The minimum atomic E-state index is 0.761. The molecule has 2 nitrogen and oxygen atoms in total. The number of furan rings is 1. The fourth-order valence-electron chi connectivity index (χ4n) is 2.04. The van der Waals surface area contributed by atoms with E-state index in [0.717, 1.165) is 28.3 Å². The molecule has 2 N–H and O–H groups in total. The van der Waals surface area contributed by atoms with Gasteiger partial charge in [0.2, 0.25) is 0 Å². The van der Waals surface area contributed by atoms with Crippen LogP contribution < -0.4 is 5.73 Å². The van der Waals surface area contributed by atoms with Crippen LogP contribution in [0.4, 0.5) is 5.69 Å². The standard InChI is InChI=1S/C18H15NO/c19-16-8-4-5-14(13-16)9-10-17-11-12-18(20-17)15-6-2-1-3-7-15/h1-13H,19H2/b10-9+. The minimum Gasteiger partial charge on any atom is -0.457 e. The van der Waals surface area contributed by atoms with Crippen molar-refractivity contribution in [1.82, 2.24) is 0 Å². The molecule has 0 spiro atoms. The minimum absolute atomic E-state index is 0.761. The molecule has 1 aromatic heterocycles. The van der Waals surface area contributed by atoms with E-state index in [-0.39, 0.29) is 0 Å². The SMILES string of the molecule is Nc1cccc(/C=C/c2ccc(-c3ccccc3)o2)c1. The number of benzene rings is 2. The van der Waals surface area contributed by atoms with E-state index >= 15 is 0 Å². The molecule has 0 aliphatic carbocycles. The van der Waals surface area contributed by atoms with Crippen LogP contribution in [-0.4, -0.2) is 0 Å². The van der Waals surface area contributed by atoms with Gasteiger partial charge in [0.1, 0.15) is 11.5 Å². The number of nitrogens with two attached hydrogens (primary N) is 1. The van der Waals surface area contributed by atoms with E-state index < -0.39 is 0 Å². The van der Waals surface area contributed by atoms with Gasteiger partial charge in [-0.25, -0.2) is 0 Å². The van der Waals surface area contributed by atoms with E-state index in [0.29, 0.717) is 0 Å². The largest absolute Gasteiger partial charge is 0.457 e. The van der Waals surface area contributed by atoms with Crippen LogP contribution in [0, 0.1) is 0 Å². The lowest BCUT2D eigenvalue weighted by Gasteiger charge is -1.96. The van der Waals surface area contributed by atoms with Crippen LogP contribution in [0.1, 0.15) is 11.3 Å². The van der Waals surface area contributed by atoms with Gasteiger partial charge in [-0.15, -0.1) is 0 Å². The van der Waals surface area contributed by atoms with E-state index in [9.17, 15) is 0 Å². The Balaban J connectivity index is 1.81. The van der Waals surface area contributed by atoms with Gasteiger partial charge in [0, 0.05) is 11.3 Å². The van der Waals surface area contributed by atoms with Crippen molar-refractivity contribution in [3.63, 3.8) is 0 Å². The summed E-state index contributed by atoms with van der Waals surface area (Å²) in [4.78, 5) is 0. The monoisotopic (exact) mass is 261 g/mol. The molecule has 0 unspecified atom stereocenters. The molecule has 3 aromatic rings. The fraction of sp³-hybridized carbons (Fsp3) is 0. The van der Waals surface area contributed by atoms with Crippen LogP contribution in [0.2, 0.25) is 0 Å². The first-order chi connectivity index (χ1) is 9.81. The average molecular weight is 261 g/mol. The summed E-state index contributed by atoms with van der Waals surface area (Å²) in [6, 6.07) is 21.7. The first-order valence-electron chi connectivity index (χ1n) is 6.50. The number of hydrogen-bond donors (Lipinski definition) is 1. The number of rotatable bonds is 3. The normalized spacial score (nSPS) is 11.0. The van der Waals surface area contributed by atoms with Gasteiger partial charge in [-0.1, -0.05) is 48.5 Å². The van der Waals surface area contributed by atoms with Crippen LogP contribution >= 0.6 is 0 Å². The Morgan fingerprint density at radius 2 is 1.65 bits per heavy atom. The molecule has 0 bridgehead atoms. The summed E-state index contributed by atoms with van der Waals surface area (Å²) >= 11 is 0. The molecular formula is C18H15NO. The molecule has 20 heavy (non-hydrogen) atoms. The highest BCUT2D eigenvalue weighted by molar-refractivity contribution is 5.70. The molecule has 0 saturated carbocycles. The third-order valence-electron chi connectivity index (χ3n) is 3.04. The second kappa shape index (κ2) is 5.49. The van der Waals surface area contributed by atoms with Crippen LogP contribution in [0.15, 0.2) is 71.1 Å². The summed E-state index contributed by atoms with van der Waals surface area (Å²) in [5, 5.41) is 0. The maximum Gasteiger partial charge on any atom is 0.134 e. The van der Waals surface area contributed by atoms with Crippen molar-refractivity contribution in [3.8, 4) is 11.3 Å². The van der Waals surface area contributed by atoms with E-state index in [2.05, 4.69) is 0 Å². The zero-order chi connectivity index (χ0) is 13.8. The lowest BCUT2D eigenvalue weighted by molar-refractivity contribution is 0.572. The van der Waals surface area contributed by atoms with Gasteiger partial charge in [-0.3, -0.25) is 0 Å². The van der Waals surface area contributed by atoms with Crippen LogP contribution in [-0.2, 0) is 0 Å². The second-order valence-electron chi connectivity index (χ2n) is 4.57. The van der Waals surface area contributed by atoms with Crippen molar-refractivity contribution in [2.75, 3.05) is 5.73 Å². The Hall–Kier alpha value is -2.74. The van der Waals surface area contributed by atoms with Crippen molar-refractivity contribution < 1.29 is 4.42 Å². The molecule has 98 valence electrons. The maximum atomic E-state index is 5.80. The summed E-state index contributed by atoms with van der Waals surface area (Å²) in [6.45, 7) is 0. The predicted molar refractivity (Wildman–Crippen MR) is 83.9 cm³/mol. The zero-order valence-corrected chi connectivity index (χ0v) is 11.0. The van der Waals surface area contributed by atoms with Crippen molar-refractivity contribution in [1.29, 1.82) is 0 Å². The van der Waals surface area contributed by atoms with E-state index in [4.69, 9.17) is 10.2 Å². The highest BCUT2D eigenvalue weighted by atomic mass is 16.3. The number of nitrogen functional groups attached to an aromatic ring is 1. The van der Waals surface area contributed by atoms with Crippen molar-refractivity contribution in [2.45, 2.75) is 0 Å². The first kappa shape index (κ1) is 12.3. The summed E-state index contributed by atoms with van der Waals surface area (Å²) in [6.07, 6.45) is 3.94. The quantitative estimate of drug-likeness (QED) is 0.694. The highest BCUT2D eigenvalue weighted by Crippen LogP contribution is 2.23. The fourth-order valence-corrected chi connectivity index (χ4v) is 2.04. The molecule has 2 heteroatoms. The van der Waals surface area contributed by atoms with Gasteiger partial charge in [0.25, 0.3) is 0 Å². The lowest BCUT2D eigenvalue weighted by Crippen LogP contribution is -1.83. The van der Waals surface area contributed by atoms with Gasteiger partial charge in [-0.2, -0.15) is 0 Å². The summed E-state index contributed by atoms with van der Waals surface area (Å²) in [5.74, 6) is 1.70. The zero-order valence-electron chi connectivity index (χ0n) is 11.0. The molecule has 0 saturated heterocycles. The van der Waals surface area contributed by atoms with Gasteiger partial charge in [-0.05, 0) is 35.9 Å². The van der Waals surface area contributed by atoms with Crippen molar-refractivity contribution in [3.05, 3.63) is 78.1 Å². The Morgan fingerprint density at radius 1 is 0.800 bits per heavy atom. The topological polar surface area (TPSA) is 39.2 Å².